The quantitative estimate of drug-likeness (QED) is 0.841. The van der Waals surface area contributed by atoms with E-state index in [0.29, 0.717) is 0 Å². The predicted octanol–water partition coefficient (Wildman–Crippen LogP) is 1.80. The number of hydrogen-bond acceptors (Lipinski definition) is 3. The molecule has 2 N–H and O–H groups in total. The number of rotatable bonds is 2. The average molecular weight is 221 g/mol. The summed E-state index contributed by atoms with van der Waals surface area (Å²) in [6.45, 7) is 0. The number of halogens is 2. The van der Waals surface area contributed by atoms with Crippen molar-refractivity contribution in [3.8, 4) is 0 Å². The Morgan fingerprint density at radius 3 is 2.44 bits per heavy atom. The first-order valence-electron chi connectivity index (χ1n) is 4.66. The first-order valence-corrected chi connectivity index (χ1v) is 4.66. The van der Waals surface area contributed by atoms with Gasteiger partial charge in [0, 0.05) is 18.0 Å². The van der Waals surface area contributed by atoms with Crippen LogP contribution in [0.25, 0.3) is 0 Å². The van der Waals surface area contributed by atoms with Crippen LogP contribution < -0.4 is 5.73 Å². The van der Waals surface area contributed by atoms with Crippen LogP contribution in [-0.4, -0.2) is 9.97 Å². The average Bonchev–Trinajstić information content (AvgIpc) is 2.33. The minimum absolute atomic E-state index is 0.0474. The van der Waals surface area contributed by atoms with Crippen LogP contribution in [0.1, 0.15) is 17.4 Å². The molecule has 1 aromatic carbocycles. The van der Waals surface area contributed by atoms with Crippen LogP contribution in [0.3, 0.4) is 0 Å². The minimum Gasteiger partial charge on any atom is -0.318 e. The molecule has 3 nitrogen and oxygen atoms in total. The van der Waals surface area contributed by atoms with Gasteiger partial charge in [0.05, 0.1) is 6.04 Å². The van der Waals surface area contributed by atoms with Gasteiger partial charge in [-0.1, -0.05) is 12.1 Å². The Labute approximate surface area is 91.0 Å². The van der Waals surface area contributed by atoms with Crippen molar-refractivity contribution in [1.82, 2.24) is 9.97 Å². The minimum atomic E-state index is -0.956. The molecule has 0 fully saturated rings. The Balaban J connectivity index is 2.42. The summed E-state index contributed by atoms with van der Waals surface area (Å²) in [5, 5.41) is 0. The van der Waals surface area contributed by atoms with Crippen LogP contribution in [0.5, 0.6) is 0 Å². The van der Waals surface area contributed by atoms with Crippen molar-refractivity contribution in [2.75, 3.05) is 0 Å². The maximum atomic E-state index is 13.4. The monoisotopic (exact) mass is 221 g/mol. The van der Waals surface area contributed by atoms with E-state index in [9.17, 15) is 8.78 Å². The van der Waals surface area contributed by atoms with Crippen molar-refractivity contribution in [1.29, 1.82) is 0 Å². The van der Waals surface area contributed by atoms with E-state index in [-0.39, 0.29) is 11.4 Å². The van der Waals surface area contributed by atoms with Gasteiger partial charge in [0.15, 0.2) is 11.6 Å². The largest absolute Gasteiger partial charge is 0.318 e. The molecule has 0 radical (unpaired) electrons. The smallest absolute Gasteiger partial charge is 0.164 e. The first-order chi connectivity index (χ1) is 7.70. The van der Waals surface area contributed by atoms with Crippen LogP contribution in [0.15, 0.2) is 36.7 Å². The molecular formula is C11H9F2N3. The van der Waals surface area contributed by atoms with Crippen molar-refractivity contribution >= 4 is 0 Å². The SMILES string of the molecule is NC(c1ncccn1)c1cccc(F)c1F. The zero-order chi connectivity index (χ0) is 11.5. The topological polar surface area (TPSA) is 51.8 Å². The molecule has 82 valence electrons. The van der Waals surface area contributed by atoms with Crippen LogP contribution in [0.4, 0.5) is 8.78 Å². The third-order valence-corrected chi connectivity index (χ3v) is 2.18. The lowest BCUT2D eigenvalue weighted by Gasteiger charge is -2.11. The molecule has 0 amide bonds. The molecule has 1 heterocycles. The highest BCUT2D eigenvalue weighted by Crippen LogP contribution is 2.20. The summed E-state index contributed by atoms with van der Waals surface area (Å²) >= 11 is 0. The fourth-order valence-corrected chi connectivity index (χ4v) is 1.37. The van der Waals surface area contributed by atoms with Gasteiger partial charge in [-0.15, -0.1) is 0 Å². The normalized spacial score (nSPS) is 12.4. The van der Waals surface area contributed by atoms with E-state index in [1.54, 1.807) is 6.07 Å². The molecule has 0 aliphatic rings. The Bertz CT molecular complexity index is 488. The highest BCUT2D eigenvalue weighted by Gasteiger charge is 2.17. The van der Waals surface area contributed by atoms with Crippen molar-refractivity contribution in [2.45, 2.75) is 6.04 Å². The van der Waals surface area contributed by atoms with E-state index >= 15 is 0 Å². The lowest BCUT2D eigenvalue weighted by molar-refractivity contribution is 0.492. The van der Waals surface area contributed by atoms with E-state index in [1.165, 1.54) is 24.5 Å². The Morgan fingerprint density at radius 1 is 1.06 bits per heavy atom. The van der Waals surface area contributed by atoms with Gasteiger partial charge in [-0.25, -0.2) is 18.7 Å². The molecule has 2 aromatic rings. The van der Waals surface area contributed by atoms with E-state index < -0.39 is 17.7 Å². The zero-order valence-electron chi connectivity index (χ0n) is 8.27. The maximum Gasteiger partial charge on any atom is 0.164 e. The summed E-state index contributed by atoms with van der Waals surface area (Å²) < 4.78 is 26.4. The third-order valence-electron chi connectivity index (χ3n) is 2.18. The lowest BCUT2D eigenvalue weighted by Crippen LogP contribution is -2.17. The molecule has 0 bridgehead atoms. The van der Waals surface area contributed by atoms with E-state index in [0.717, 1.165) is 6.07 Å². The summed E-state index contributed by atoms with van der Waals surface area (Å²) in [6, 6.07) is 4.61. The molecule has 0 saturated carbocycles. The summed E-state index contributed by atoms with van der Waals surface area (Å²) in [5.41, 5.74) is 5.80. The highest BCUT2D eigenvalue weighted by atomic mass is 19.2. The van der Waals surface area contributed by atoms with Crippen molar-refractivity contribution in [3.63, 3.8) is 0 Å². The summed E-state index contributed by atoms with van der Waals surface area (Å²) in [4.78, 5) is 7.80. The van der Waals surface area contributed by atoms with Gasteiger partial charge in [0.2, 0.25) is 0 Å². The van der Waals surface area contributed by atoms with Crippen LogP contribution in [-0.2, 0) is 0 Å². The molecule has 1 atom stereocenters. The Morgan fingerprint density at radius 2 is 1.75 bits per heavy atom. The molecule has 0 aliphatic heterocycles. The van der Waals surface area contributed by atoms with Gasteiger partial charge < -0.3 is 5.73 Å². The molecule has 5 heteroatoms. The number of benzene rings is 1. The molecule has 2 rings (SSSR count). The third kappa shape index (κ3) is 1.90. The Kier molecular flexibility index (Phi) is 2.87. The van der Waals surface area contributed by atoms with Crippen molar-refractivity contribution in [2.24, 2.45) is 5.73 Å². The first kappa shape index (κ1) is 10.6. The number of nitrogens with zero attached hydrogens (tertiary/aromatic N) is 2. The predicted molar refractivity (Wildman–Crippen MR) is 54.4 cm³/mol. The summed E-state index contributed by atoms with van der Waals surface area (Å²) in [7, 11) is 0. The van der Waals surface area contributed by atoms with Gasteiger partial charge in [0.25, 0.3) is 0 Å². The molecule has 1 aromatic heterocycles. The van der Waals surface area contributed by atoms with Gasteiger partial charge in [-0.2, -0.15) is 0 Å². The van der Waals surface area contributed by atoms with Gasteiger partial charge in [-0.3, -0.25) is 0 Å². The van der Waals surface area contributed by atoms with Gasteiger partial charge >= 0.3 is 0 Å². The molecule has 0 saturated heterocycles. The summed E-state index contributed by atoms with van der Waals surface area (Å²) in [6.07, 6.45) is 3.00. The second-order valence-corrected chi connectivity index (χ2v) is 3.23. The van der Waals surface area contributed by atoms with E-state index in [4.69, 9.17) is 5.73 Å². The number of hydrogen-bond donors (Lipinski definition) is 1. The zero-order valence-corrected chi connectivity index (χ0v) is 8.27. The van der Waals surface area contributed by atoms with Crippen molar-refractivity contribution in [3.05, 3.63) is 59.7 Å². The molecule has 0 aliphatic carbocycles. The number of aromatic nitrogens is 2. The fourth-order valence-electron chi connectivity index (χ4n) is 1.37. The van der Waals surface area contributed by atoms with Crippen LogP contribution >= 0.6 is 0 Å². The second-order valence-electron chi connectivity index (χ2n) is 3.23. The molecule has 16 heavy (non-hydrogen) atoms. The van der Waals surface area contributed by atoms with Gasteiger partial charge in [0.1, 0.15) is 5.82 Å². The standard InChI is InChI=1S/C11H9F2N3/c12-8-4-1-3-7(9(8)13)10(14)11-15-5-2-6-16-11/h1-6,10H,14H2. The molecular weight excluding hydrogens is 212 g/mol. The summed E-state index contributed by atoms with van der Waals surface area (Å²) in [5.74, 6) is -1.63. The second kappa shape index (κ2) is 4.32. The maximum absolute atomic E-state index is 13.4. The number of nitrogens with two attached hydrogens (primary N) is 1. The van der Waals surface area contributed by atoms with E-state index in [2.05, 4.69) is 9.97 Å². The molecule has 1 unspecified atom stereocenters. The van der Waals surface area contributed by atoms with Crippen LogP contribution in [0.2, 0.25) is 0 Å². The highest BCUT2D eigenvalue weighted by molar-refractivity contribution is 5.26. The van der Waals surface area contributed by atoms with Crippen molar-refractivity contribution < 1.29 is 8.78 Å². The van der Waals surface area contributed by atoms with Crippen LogP contribution in [0, 0.1) is 11.6 Å². The lowest BCUT2D eigenvalue weighted by atomic mass is 10.1. The van der Waals surface area contributed by atoms with E-state index in [1.807, 2.05) is 0 Å². The molecule has 0 spiro atoms. The fraction of sp³-hybridized carbons (Fsp3) is 0.0909. The Hall–Kier alpha value is -1.88. The van der Waals surface area contributed by atoms with Gasteiger partial charge in [-0.05, 0) is 12.1 Å².